The zero-order chi connectivity index (χ0) is 16.1. The van der Waals surface area contributed by atoms with Crippen LogP contribution >= 0.6 is 11.3 Å². The molecule has 0 unspecified atom stereocenters. The molecule has 3 aromatic rings. The van der Waals surface area contributed by atoms with Gasteiger partial charge in [0.2, 0.25) is 5.91 Å². The highest BCUT2D eigenvalue weighted by atomic mass is 32.1. The number of benzene rings is 1. The molecule has 2 heterocycles. The van der Waals surface area contributed by atoms with Crippen LogP contribution in [0.15, 0.2) is 48.4 Å². The molecule has 0 aliphatic carbocycles. The highest BCUT2D eigenvalue weighted by Crippen LogP contribution is 2.11. The smallest absolute Gasteiger partial charge is 0.226 e. The van der Waals surface area contributed by atoms with Crippen LogP contribution in [0.3, 0.4) is 0 Å². The summed E-state index contributed by atoms with van der Waals surface area (Å²) in [6.07, 6.45) is 6.65. The first kappa shape index (κ1) is 15.4. The molecule has 0 aliphatic rings. The van der Waals surface area contributed by atoms with Gasteiger partial charge in [0.1, 0.15) is 0 Å². The first-order valence-corrected chi connectivity index (χ1v) is 8.40. The second-order valence-electron chi connectivity index (χ2n) is 5.18. The van der Waals surface area contributed by atoms with Gasteiger partial charge in [-0.15, -0.1) is 11.3 Å². The van der Waals surface area contributed by atoms with E-state index in [0.29, 0.717) is 13.0 Å². The van der Waals surface area contributed by atoms with Crippen LogP contribution in [0.5, 0.6) is 0 Å². The summed E-state index contributed by atoms with van der Waals surface area (Å²) in [6.45, 7) is 2.59. The van der Waals surface area contributed by atoms with E-state index >= 15 is 0 Å². The maximum absolute atomic E-state index is 12.0. The van der Waals surface area contributed by atoms with Crippen LogP contribution in [-0.4, -0.2) is 20.4 Å². The van der Waals surface area contributed by atoms with Crippen LogP contribution in [0.2, 0.25) is 0 Å². The van der Waals surface area contributed by atoms with E-state index in [1.165, 1.54) is 0 Å². The summed E-state index contributed by atoms with van der Waals surface area (Å²) in [5.74, 6) is -0.00311. The monoisotopic (exact) mass is 326 g/mol. The molecule has 0 spiro atoms. The molecule has 23 heavy (non-hydrogen) atoms. The van der Waals surface area contributed by atoms with Crippen LogP contribution in [0.1, 0.15) is 23.2 Å². The van der Waals surface area contributed by atoms with E-state index in [1.807, 2.05) is 40.4 Å². The van der Waals surface area contributed by atoms with Crippen molar-refractivity contribution >= 4 is 17.2 Å². The third-order valence-corrected chi connectivity index (χ3v) is 4.51. The number of aromatic nitrogens is 3. The molecular weight excluding hydrogens is 308 g/mol. The first-order valence-electron chi connectivity index (χ1n) is 7.52. The molecule has 0 atom stereocenters. The predicted molar refractivity (Wildman–Crippen MR) is 90.6 cm³/mol. The van der Waals surface area contributed by atoms with Gasteiger partial charge in [-0.2, -0.15) is 0 Å². The van der Waals surface area contributed by atoms with Gasteiger partial charge in [-0.1, -0.05) is 19.1 Å². The summed E-state index contributed by atoms with van der Waals surface area (Å²) < 4.78 is 1.94. The minimum atomic E-state index is -0.00311. The van der Waals surface area contributed by atoms with Crippen molar-refractivity contribution in [3.63, 3.8) is 0 Å². The lowest BCUT2D eigenvalue weighted by Crippen LogP contribution is -2.24. The molecule has 0 saturated heterocycles. The number of carbonyl (C=O) groups excluding carboxylic acids is 1. The quantitative estimate of drug-likeness (QED) is 0.758. The van der Waals surface area contributed by atoms with Crippen molar-refractivity contribution in [2.75, 3.05) is 0 Å². The van der Waals surface area contributed by atoms with Crippen molar-refractivity contribution < 1.29 is 4.79 Å². The first-order chi connectivity index (χ1) is 11.2. The Hall–Kier alpha value is -2.47. The number of hydrogen-bond acceptors (Lipinski definition) is 4. The molecule has 2 aromatic heterocycles. The second-order valence-corrected chi connectivity index (χ2v) is 6.12. The van der Waals surface area contributed by atoms with Crippen molar-refractivity contribution in [1.82, 2.24) is 19.9 Å². The van der Waals surface area contributed by atoms with Crippen molar-refractivity contribution in [2.45, 2.75) is 26.3 Å². The Balaban J connectivity index is 1.52. The van der Waals surface area contributed by atoms with E-state index in [2.05, 4.69) is 22.2 Å². The van der Waals surface area contributed by atoms with E-state index in [1.54, 1.807) is 23.9 Å². The van der Waals surface area contributed by atoms with E-state index in [4.69, 9.17) is 0 Å². The number of aryl methyl sites for hydroxylation is 1. The van der Waals surface area contributed by atoms with Crippen LogP contribution in [0.4, 0.5) is 0 Å². The maximum Gasteiger partial charge on any atom is 0.226 e. The summed E-state index contributed by atoms with van der Waals surface area (Å²) in [5, 5.41) is 5.96. The standard InChI is InChI=1S/C17H18N4OS/c1-2-17-20-14(11-23-17)9-16(22)19-10-13-3-5-15(6-4-13)21-8-7-18-12-21/h3-8,11-12H,2,9-10H2,1H3,(H,19,22). The fourth-order valence-electron chi connectivity index (χ4n) is 2.22. The second kappa shape index (κ2) is 7.19. The van der Waals surface area contributed by atoms with Gasteiger partial charge in [-0.3, -0.25) is 4.79 Å². The zero-order valence-electron chi connectivity index (χ0n) is 12.9. The zero-order valence-corrected chi connectivity index (χ0v) is 13.7. The highest BCUT2D eigenvalue weighted by molar-refractivity contribution is 7.09. The predicted octanol–water partition coefficient (Wildman–Crippen LogP) is 2.75. The Bertz CT molecular complexity index is 762. The molecule has 0 bridgehead atoms. The van der Waals surface area contributed by atoms with E-state index < -0.39 is 0 Å². The Kier molecular flexibility index (Phi) is 4.83. The van der Waals surface area contributed by atoms with Gasteiger partial charge in [-0.05, 0) is 24.1 Å². The number of thiazole rings is 1. The van der Waals surface area contributed by atoms with E-state index in [0.717, 1.165) is 28.4 Å². The van der Waals surface area contributed by atoms with Gasteiger partial charge in [0.05, 0.1) is 23.4 Å². The number of hydrogen-bond donors (Lipinski definition) is 1. The maximum atomic E-state index is 12.0. The molecule has 3 rings (SSSR count). The molecule has 5 nitrogen and oxygen atoms in total. The Morgan fingerprint density at radius 2 is 2.13 bits per heavy atom. The largest absolute Gasteiger partial charge is 0.352 e. The lowest BCUT2D eigenvalue weighted by molar-refractivity contribution is -0.120. The molecule has 1 aromatic carbocycles. The number of amides is 1. The Labute approximate surface area is 139 Å². The topological polar surface area (TPSA) is 59.8 Å². The fraction of sp³-hybridized carbons (Fsp3) is 0.235. The Morgan fingerprint density at radius 1 is 1.30 bits per heavy atom. The summed E-state index contributed by atoms with van der Waals surface area (Å²) in [7, 11) is 0. The third-order valence-electron chi connectivity index (χ3n) is 3.47. The molecular formula is C17H18N4OS. The Morgan fingerprint density at radius 3 is 2.78 bits per heavy atom. The van der Waals surface area contributed by atoms with Gasteiger partial charge in [-0.25, -0.2) is 9.97 Å². The number of nitrogens with one attached hydrogen (secondary N) is 1. The van der Waals surface area contributed by atoms with E-state index in [-0.39, 0.29) is 5.91 Å². The molecule has 0 fully saturated rings. The average Bonchev–Trinajstić information content (AvgIpc) is 3.25. The minimum Gasteiger partial charge on any atom is -0.352 e. The van der Waals surface area contributed by atoms with Crippen LogP contribution in [0, 0.1) is 0 Å². The normalized spacial score (nSPS) is 10.7. The summed E-state index contributed by atoms with van der Waals surface area (Å²) in [4.78, 5) is 20.4. The SMILES string of the molecule is CCc1nc(CC(=O)NCc2ccc(-n3ccnc3)cc2)cs1. The van der Waals surface area contributed by atoms with Crippen LogP contribution < -0.4 is 5.32 Å². The lowest BCUT2D eigenvalue weighted by Gasteiger charge is -2.06. The number of rotatable bonds is 6. The van der Waals surface area contributed by atoms with Gasteiger partial charge in [0, 0.05) is 30.0 Å². The number of carbonyl (C=O) groups is 1. The average molecular weight is 326 g/mol. The molecule has 0 radical (unpaired) electrons. The van der Waals surface area contributed by atoms with Gasteiger partial charge >= 0.3 is 0 Å². The molecule has 0 aliphatic heterocycles. The van der Waals surface area contributed by atoms with Crippen molar-refractivity contribution in [3.05, 3.63) is 64.6 Å². The summed E-state index contributed by atoms with van der Waals surface area (Å²) in [6, 6.07) is 8.04. The van der Waals surface area contributed by atoms with Crippen molar-refractivity contribution in [3.8, 4) is 5.69 Å². The summed E-state index contributed by atoms with van der Waals surface area (Å²) >= 11 is 1.61. The summed E-state index contributed by atoms with van der Waals surface area (Å²) in [5.41, 5.74) is 2.96. The minimum absolute atomic E-state index is 0.00311. The van der Waals surface area contributed by atoms with Crippen molar-refractivity contribution in [2.24, 2.45) is 0 Å². The van der Waals surface area contributed by atoms with Crippen molar-refractivity contribution in [1.29, 1.82) is 0 Å². The number of nitrogens with zero attached hydrogens (tertiary/aromatic N) is 3. The van der Waals surface area contributed by atoms with Gasteiger partial charge in [0.25, 0.3) is 0 Å². The number of imidazole rings is 1. The van der Waals surface area contributed by atoms with Crippen LogP contribution in [0.25, 0.3) is 5.69 Å². The molecule has 1 amide bonds. The molecule has 6 heteroatoms. The molecule has 0 saturated carbocycles. The van der Waals surface area contributed by atoms with Crippen LogP contribution in [-0.2, 0) is 24.2 Å². The van der Waals surface area contributed by atoms with Gasteiger partial charge in [0.15, 0.2) is 0 Å². The highest BCUT2D eigenvalue weighted by Gasteiger charge is 2.07. The molecule has 118 valence electrons. The van der Waals surface area contributed by atoms with Gasteiger partial charge < -0.3 is 9.88 Å². The van der Waals surface area contributed by atoms with E-state index in [9.17, 15) is 4.79 Å². The molecule has 1 N–H and O–H groups in total. The fourth-order valence-corrected chi connectivity index (χ4v) is 2.96. The third kappa shape index (κ3) is 4.04. The lowest BCUT2D eigenvalue weighted by atomic mass is 10.2.